The van der Waals surface area contributed by atoms with Gasteiger partial charge in [-0.3, -0.25) is 9.69 Å². The minimum atomic E-state index is 0.146. The maximum absolute atomic E-state index is 13.4. The fourth-order valence-electron chi connectivity index (χ4n) is 5.16. The van der Waals surface area contributed by atoms with E-state index >= 15 is 0 Å². The van der Waals surface area contributed by atoms with Crippen LogP contribution in [0.1, 0.15) is 29.6 Å². The third kappa shape index (κ3) is 4.20. The van der Waals surface area contributed by atoms with E-state index in [1.807, 2.05) is 36.0 Å². The van der Waals surface area contributed by atoms with Gasteiger partial charge in [-0.1, -0.05) is 18.2 Å². The number of hydrogen-bond donors (Lipinski definition) is 1. The van der Waals surface area contributed by atoms with Crippen LogP contribution in [0.25, 0.3) is 10.9 Å². The monoisotopic (exact) mass is 398 g/mol. The maximum atomic E-state index is 13.4. The van der Waals surface area contributed by atoms with E-state index in [2.05, 4.69) is 27.8 Å². The molecule has 0 radical (unpaired) electrons. The molecular formula is C23H34N4O2. The molecule has 4 rings (SSSR count). The predicted octanol–water partition coefficient (Wildman–Crippen LogP) is 2.03. The second-order valence-electron chi connectivity index (χ2n) is 8.74. The van der Waals surface area contributed by atoms with Gasteiger partial charge in [0, 0.05) is 76.1 Å². The minimum absolute atomic E-state index is 0.146. The van der Waals surface area contributed by atoms with Crippen LogP contribution in [0.4, 0.5) is 0 Å². The zero-order valence-corrected chi connectivity index (χ0v) is 17.8. The van der Waals surface area contributed by atoms with Crippen molar-refractivity contribution in [1.29, 1.82) is 0 Å². The number of likely N-dealkylation sites (N-methyl/N-ethyl adjacent to an activating group) is 1. The number of piperazine rings is 1. The number of aliphatic hydroxyl groups is 1. The third-order valence-electron chi connectivity index (χ3n) is 6.85. The summed E-state index contributed by atoms with van der Waals surface area (Å²) in [5.74, 6) is 0.575. The molecule has 0 unspecified atom stereocenters. The van der Waals surface area contributed by atoms with Crippen LogP contribution in [0, 0.1) is 5.92 Å². The molecule has 2 saturated heterocycles. The van der Waals surface area contributed by atoms with E-state index in [0.717, 1.165) is 75.0 Å². The fourth-order valence-corrected chi connectivity index (χ4v) is 5.16. The molecule has 2 aliphatic rings. The van der Waals surface area contributed by atoms with Crippen molar-refractivity contribution in [2.24, 2.45) is 13.0 Å². The van der Waals surface area contributed by atoms with Gasteiger partial charge < -0.3 is 19.5 Å². The molecule has 1 N–H and O–H groups in total. The highest BCUT2D eigenvalue weighted by molar-refractivity contribution is 6.07. The molecule has 0 bridgehead atoms. The zero-order chi connectivity index (χ0) is 20.4. The maximum Gasteiger partial charge on any atom is 0.256 e. The number of amides is 1. The molecule has 3 heterocycles. The largest absolute Gasteiger partial charge is 0.396 e. The number of nitrogens with zero attached hydrogens (tertiary/aromatic N) is 4. The molecule has 2 aliphatic heterocycles. The summed E-state index contributed by atoms with van der Waals surface area (Å²) in [6, 6.07) is 8.65. The van der Waals surface area contributed by atoms with Crippen LogP contribution >= 0.6 is 0 Å². The van der Waals surface area contributed by atoms with Gasteiger partial charge in [0.1, 0.15) is 0 Å². The second-order valence-corrected chi connectivity index (χ2v) is 8.74. The SMILES string of the molecule is CN1CCN([C@@H]2CCN(C(=O)c3cn(C)c4ccccc34)C[C@@H]2CCCO)CC1. The Kier molecular flexibility index (Phi) is 6.23. The lowest BCUT2D eigenvalue weighted by Gasteiger charge is -2.46. The smallest absolute Gasteiger partial charge is 0.256 e. The summed E-state index contributed by atoms with van der Waals surface area (Å²) in [4.78, 5) is 20.5. The third-order valence-corrected chi connectivity index (χ3v) is 6.85. The van der Waals surface area contributed by atoms with Crippen molar-refractivity contribution in [3.63, 3.8) is 0 Å². The Morgan fingerprint density at radius 3 is 2.62 bits per heavy atom. The molecule has 6 heteroatoms. The van der Waals surface area contributed by atoms with Crippen molar-refractivity contribution in [3.05, 3.63) is 36.0 Å². The van der Waals surface area contributed by atoms with Crippen LogP contribution < -0.4 is 0 Å². The van der Waals surface area contributed by atoms with Crippen molar-refractivity contribution in [2.75, 3.05) is 52.9 Å². The first kappa shape index (κ1) is 20.4. The first-order valence-electron chi connectivity index (χ1n) is 10.9. The molecule has 0 aliphatic carbocycles. The molecule has 2 aromatic rings. The number of likely N-dealkylation sites (tertiary alicyclic amines) is 1. The average Bonchev–Trinajstić information content (AvgIpc) is 3.09. The van der Waals surface area contributed by atoms with Gasteiger partial charge in [0.05, 0.1) is 5.56 Å². The van der Waals surface area contributed by atoms with E-state index in [9.17, 15) is 9.90 Å². The standard InChI is InChI=1S/C23H34N4O2/c1-24-11-13-26(14-12-24)21-9-10-27(16-18(21)6-5-15-28)23(29)20-17-25(2)22-8-4-3-7-19(20)22/h3-4,7-8,17-18,21,28H,5-6,9-16H2,1-2H3/t18-,21+/m0/s1. The Balaban J connectivity index is 1.51. The number of para-hydroxylation sites is 1. The highest BCUT2D eigenvalue weighted by atomic mass is 16.3. The van der Waals surface area contributed by atoms with Gasteiger partial charge in [-0.2, -0.15) is 0 Å². The van der Waals surface area contributed by atoms with Crippen LogP contribution in [0.3, 0.4) is 0 Å². The van der Waals surface area contributed by atoms with Gasteiger partial charge in [0.2, 0.25) is 0 Å². The summed E-state index contributed by atoms with van der Waals surface area (Å²) in [7, 11) is 4.19. The van der Waals surface area contributed by atoms with Gasteiger partial charge in [-0.15, -0.1) is 0 Å². The Bertz CT molecular complexity index is 841. The summed E-state index contributed by atoms with van der Waals surface area (Å²) in [6.45, 7) is 6.27. The van der Waals surface area contributed by atoms with Gasteiger partial charge in [0.25, 0.3) is 5.91 Å². The summed E-state index contributed by atoms with van der Waals surface area (Å²) in [6.07, 6.45) is 4.79. The van der Waals surface area contributed by atoms with Crippen LogP contribution in [0.15, 0.2) is 30.5 Å². The Labute approximate surface area is 173 Å². The molecule has 2 fully saturated rings. The normalized spacial score (nSPS) is 24.3. The van der Waals surface area contributed by atoms with Crippen molar-refractivity contribution < 1.29 is 9.90 Å². The first-order chi connectivity index (χ1) is 14.1. The quantitative estimate of drug-likeness (QED) is 0.837. The molecule has 2 atom stereocenters. The lowest BCUT2D eigenvalue weighted by atomic mass is 9.86. The molecule has 6 nitrogen and oxygen atoms in total. The van der Waals surface area contributed by atoms with Crippen LogP contribution in [0.5, 0.6) is 0 Å². The van der Waals surface area contributed by atoms with Gasteiger partial charge in [0.15, 0.2) is 0 Å². The number of aliphatic hydroxyl groups excluding tert-OH is 1. The number of hydrogen-bond acceptors (Lipinski definition) is 4. The van der Waals surface area contributed by atoms with Crippen LogP contribution in [0.2, 0.25) is 0 Å². The Morgan fingerprint density at radius 2 is 1.86 bits per heavy atom. The number of carbonyl (C=O) groups excluding carboxylic acids is 1. The molecule has 1 aromatic heterocycles. The van der Waals surface area contributed by atoms with E-state index < -0.39 is 0 Å². The van der Waals surface area contributed by atoms with E-state index in [1.54, 1.807) is 0 Å². The molecular weight excluding hydrogens is 364 g/mol. The van der Waals surface area contributed by atoms with Crippen molar-refractivity contribution in [2.45, 2.75) is 25.3 Å². The number of rotatable bonds is 5. The van der Waals surface area contributed by atoms with Crippen molar-refractivity contribution in [3.8, 4) is 0 Å². The summed E-state index contributed by atoms with van der Waals surface area (Å²) >= 11 is 0. The van der Waals surface area contributed by atoms with E-state index in [1.165, 1.54) is 0 Å². The lowest BCUT2D eigenvalue weighted by molar-refractivity contribution is 0.0218. The summed E-state index contributed by atoms with van der Waals surface area (Å²) in [5, 5.41) is 10.4. The highest BCUT2D eigenvalue weighted by Crippen LogP contribution is 2.29. The number of benzene rings is 1. The van der Waals surface area contributed by atoms with E-state index in [-0.39, 0.29) is 12.5 Å². The number of aromatic nitrogens is 1. The van der Waals surface area contributed by atoms with Gasteiger partial charge in [-0.25, -0.2) is 0 Å². The zero-order valence-electron chi connectivity index (χ0n) is 17.8. The molecule has 29 heavy (non-hydrogen) atoms. The number of carbonyl (C=O) groups is 1. The number of piperidine rings is 1. The van der Waals surface area contributed by atoms with Crippen LogP contribution in [-0.4, -0.2) is 89.2 Å². The molecule has 158 valence electrons. The Morgan fingerprint density at radius 1 is 1.10 bits per heavy atom. The lowest BCUT2D eigenvalue weighted by Crippen LogP contribution is -2.56. The fraction of sp³-hybridized carbons (Fsp3) is 0.609. The van der Waals surface area contributed by atoms with Gasteiger partial charge >= 0.3 is 0 Å². The minimum Gasteiger partial charge on any atom is -0.396 e. The molecule has 0 saturated carbocycles. The topological polar surface area (TPSA) is 52.0 Å². The number of fused-ring (bicyclic) bond motifs is 1. The van der Waals surface area contributed by atoms with Crippen molar-refractivity contribution >= 4 is 16.8 Å². The summed E-state index contributed by atoms with van der Waals surface area (Å²) in [5.41, 5.74) is 1.90. The van der Waals surface area contributed by atoms with E-state index in [4.69, 9.17) is 0 Å². The van der Waals surface area contributed by atoms with Gasteiger partial charge in [-0.05, 0) is 38.3 Å². The summed E-state index contributed by atoms with van der Waals surface area (Å²) < 4.78 is 2.04. The predicted molar refractivity (Wildman–Crippen MR) is 116 cm³/mol. The molecule has 0 spiro atoms. The second kappa shape index (κ2) is 8.86. The Hall–Kier alpha value is -1.89. The van der Waals surface area contributed by atoms with Crippen LogP contribution in [-0.2, 0) is 7.05 Å². The first-order valence-corrected chi connectivity index (χ1v) is 10.9. The van der Waals surface area contributed by atoms with Crippen molar-refractivity contribution in [1.82, 2.24) is 19.3 Å². The average molecular weight is 399 g/mol. The number of aryl methyl sites for hydroxylation is 1. The highest BCUT2D eigenvalue weighted by Gasteiger charge is 2.36. The molecule has 1 amide bonds. The molecule has 1 aromatic carbocycles. The van der Waals surface area contributed by atoms with E-state index in [0.29, 0.717) is 12.0 Å².